The van der Waals surface area contributed by atoms with E-state index in [-0.39, 0.29) is 23.3 Å². The van der Waals surface area contributed by atoms with Crippen molar-refractivity contribution in [3.63, 3.8) is 0 Å². The van der Waals surface area contributed by atoms with Crippen molar-refractivity contribution in [3.05, 3.63) is 63.6 Å². The van der Waals surface area contributed by atoms with E-state index in [2.05, 4.69) is 12.2 Å². The molecule has 1 heterocycles. The lowest BCUT2D eigenvalue weighted by Gasteiger charge is -2.45. The minimum absolute atomic E-state index is 0.0989. The zero-order valence-electron chi connectivity index (χ0n) is 21.3. The molecule has 1 atom stereocenters. The molecule has 0 spiro atoms. The van der Waals surface area contributed by atoms with Crippen LogP contribution in [0.5, 0.6) is 0 Å². The van der Waals surface area contributed by atoms with Crippen LogP contribution in [0.1, 0.15) is 43.7 Å². The Bertz CT molecular complexity index is 1260. The first-order valence-electron chi connectivity index (χ1n) is 12.1. The van der Waals surface area contributed by atoms with Crippen molar-refractivity contribution in [3.8, 4) is 0 Å². The van der Waals surface area contributed by atoms with Gasteiger partial charge >= 0.3 is 5.97 Å². The lowest BCUT2D eigenvalue weighted by Crippen LogP contribution is -2.56. The quantitative estimate of drug-likeness (QED) is 0.416. The number of benzodiazepines with no additional fused rings is 1. The number of carbonyl (C=O) groups is 2. The van der Waals surface area contributed by atoms with Crippen LogP contribution in [-0.2, 0) is 14.3 Å². The number of likely N-dealkylation sites (N-methyl/N-ethyl adjacent to an activating group) is 1. The third kappa shape index (κ3) is 5.47. The predicted octanol–water partition coefficient (Wildman–Crippen LogP) is 5.06. The summed E-state index contributed by atoms with van der Waals surface area (Å²) in [7, 11) is 5.04. The number of nitrogens with one attached hydrogen (secondary N) is 1. The second kappa shape index (κ2) is 11.0. The van der Waals surface area contributed by atoms with Gasteiger partial charge < -0.3 is 19.9 Å². The first-order chi connectivity index (χ1) is 17.6. The number of hydrogen-bond acceptors (Lipinski definition) is 5. The highest BCUT2D eigenvalue weighted by Crippen LogP contribution is 2.37. The molecule has 196 valence electrons. The Hall–Kier alpha value is -2.68. The van der Waals surface area contributed by atoms with Crippen molar-refractivity contribution in [2.45, 2.75) is 44.3 Å². The summed E-state index contributed by atoms with van der Waals surface area (Å²) in [5, 5.41) is 4.62. The monoisotopic (exact) mass is 560 g/mol. The summed E-state index contributed by atoms with van der Waals surface area (Å²) in [5.41, 5.74) is 2.33. The van der Waals surface area contributed by atoms with Gasteiger partial charge in [-0.05, 0) is 69.1 Å². The standard InChI is InChI=1S/C27H30Cl2N4O3S/c1-27(13-11-16(12-14-27)25(35)36-4)33(3)26(37)31-23-24(34)32(2)21-10-9-17(28)15-19(21)22(30-23)18-7-5-6-8-20(18)29/h5-10,15-16,23H,11-14H2,1-4H3,(H,31,37). The van der Waals surface area contributed by atoms with E-state index in [4.69, 9.17) is 45.1 Å². The number of fused-ring (bicyclic) bond motifs is 1. The number of methoxy groups -OCH3 is 1. The van der Waals surface area contributed by atoms with Gasteiger partial charge in [0.1, 0.15) is 0 Å². The predicted molar refractivity (Wildman–Crippen MR) is 152 cm³/mol. The third-order valence-electron chi connectivity index (χ3n) is 7.50. The summed E-state index contributed by atoms with van der Waals surface area (Å²) in [4.78, 5) is 33.9. The summed E-state index contributed by atoms with van der Waals surface area (Å²) >= 11 is 18.7. The summed E-state index contributed by atoms with van der Waals surface area (Å²) in [5.74, 6) is -0.530. The van der Waals surface area contributed by atoms with E-state index in [1.807, 2.05) is 30.1 Å². The van der Waals surface area contributed by atoms with Crippen molar-refractivity contribution in [1.29, 1.82) is 0 Å². The van der Waals surface area contributed by atoms with Crippen molar-refractivity contribution in [2.75, 3.05) is 26.1 Å². The van der Waals surface area contributed by atoms with E-state index in [1.54, 1.807) is 36.2 Å². The van der Waals surface area contributed by atoms with Gasteiger partial charge in [-0.2, -0.15) is 0 Å². The highest BCUT2D eigenvalue weighted by molar-refractivity contribution is 7.80. The largest absolute Gasteiger partial charge is 0.469 e. The number of rotatable bonds is 4. The molecular formula is C27H30Cl2N4O3S. The van der Waals surface area contributed by atoms with Crippen molar-refractivity contribution >= 4 is 63.8 Å². The van der Waals surface area contributed by atoms with Gasteiger partial charge in [0.15, 0.2) is 5.11 Å². The Balaban J connectivity index is 1.64. The molecule has 0 radical (unpaired) electrons. The molecule has 1 N–H and O–H groups in total. The number of ether oxygens (including phenoxy) is 1. The number of benzene rings is 2. The first-order valence-corrected chi connectivity index (χ1v) is 13.2. The van der Waals surface area contributed by atoms with Gasteiger partial charge in [0.05, 0.1) is 24.4 Å². The van der Waals surface area contributed by atoms with Crippen LogP contribution in [0.4, 0.5) is 5.69 Å². The minimum Gasteiger partial charge on any atom is -0.469 e. The number of nitrogens with zero attached hydrogens (tertiary/aromatic N) is 3. The van der Waals surface area contributed by atoms with Gasteiger partial charge in [0.25, 0.3) is 5.91 Å². The Labute approximate surface area is 232 Å². The molecular weight excluding hydrogens is 531 g/mol. The summed E-state index contributed by atoms with van der Waals surface area (Å²) < 4.78 is 4.92. The molecule has 4 rings (SSSR count). The molecule has 0 bridgehead atoms. The van der Waals surface area contributed by atoms with Crippen LogP contribution in [0, 0.1) is 5.92 Å². The van der Waals surface area contributed by atoms with E-state index in [9.17, 15) is 9.59 Å². The maximum atomic E-state index is 13.6. The van der Waals surface area contributed by atoms with Gasteiger partial charge in [0.2, 0.25) is 6.17 Å². The van der Waals surface area contributed by atoms with E-state index in [1.165, 1.54) is 7.11 Å². The SMILES string of the molecule is COC(=O)C1CCC(C)(N(C)C(=S)NC2N=C(c3ccccc3Cl)c3cc(Cl)ccc3N(C)C2=O)CC1. The maximum Gasteiger partial charge on any atom is 0.308 e. The molecule has 7 nitrogen and oxygen atoms in total. The van der Waals surface area contributed by atoms with E-state index < -0.39 is 6.17 Å². The van der Waals surface area contributed by atoms with Crippen molar-refractivity contribution in [1.82, 2.24) is 10.2 Å². The topological polar surface area (TPSA) is 74.2 Å². The second-order valence-electron chi connectivity index (χ2n) is 9.72. The van der Waals surface area contributed by atoms with Gasteiger partial charge in [-0.15, -0.1) is 0 Å². The fourth-order valence-corrected chi connectivity index (χ4v) is 5.67. The molecule has 0 saturated heterocycles. The van der Waals surface area contributed by atoms with Gasteiger partial charge in [-0.1, -0.05) is 41.4 Å². The Kier molecular flexibility index (Phi) is 8.11. The highest BCUT2D eigenvalue weighted by Gasteiger charge is 2.39. The van der Waals surface area contributed by atoms with Crippen LogP contribution >= 0.6 is 35.4 Å². The molecule has 2 aromatic rings. The molecule has 1 amide bonds. The number of hydrogen-bond donors (Lipinski definition) is 1. The fourth-order valence-electron chi connectivity index (χ4n) is 4.94. The molecule has 1 aliphatic carbocycles. The fraction of sp³-hybridized carbons (Fsp3) is 0.407. The average Bonchev–Trinajstić information content (AvgIpc) is 2.98. The highest BCUT2D eigenvalue weighted by atomic mass is 35.5. The van der Waals surface area contributed by atoms with E-state index in [0.717, 1.165) is 12.8 Å². The number of esters is 1. The summed E-state index contributed by atoms with van der Waals surface area (Å²) in [6, 6.07) is 12.7. The Morgan fingerprint density at radius 3 is 2.51 bits per heavy atom. The van der Waals surface area contributed by atoms with Crippen LogP contribution in [0.25, 0.3) is 0 Å². The number of thiocarbonyl (C=S) groups is 1. The Morgan fingerprint density at radius 2 is 1.86 bits per heavy atom. The minimum atomic E-state index is -0.979. The number of carbonyl (C=O) groups excluding carboxylic acids is 2. The molecule has 2 aliphatic rings. The summed E-state index contributed by atoms with van der Waals surface area (Å²) in [6.45, 7) is 2.12. The second-order valence-corrected chi connectivity index (χ2v) is 11.0. The normalized spacial score (nSPS) is 23.5. The lowest BCUT2D eigenvalue weighted by molar-refractivity contribution is -0.147. The molecule has 1 saturated carbocycles. The average molecular weight is 562 g/mol. The maximum absolute atomic E-state index is 13.6. The van der Waals surface area contributed by atoms with Gasteiger partial charge in [-0.25, -0.2) is 4.99 Å². The van der Waals surface area contributed by atoms with Crippen LogP contribution in [0.2, 0.25) is 10.0 Å². The third-order valence-corrected chi connectivity index (χ3v) is 8.46. The number of amides is 1. The molecule has 1 fully saturated rings. The number of aliphatic imine (C=N–C) groups is 1. The van der Waals surface area contributed by atoms with Crippen LogP contribution < -0.4 is 10.2 Å². The zero-order valence-corrected chi connectivity index (χ0v) is 23.6. The van der Waals surface area contributed by atoms with Crippen molar-refractivity contribution < 1.29 is 14.3 Å². The molecule has 10 heteroatoms. The molecule has 2 aromatic carbocycles. The number of halogens is 2. The van der Waals surface area contributed by atoms with Crippen LogP contribution in [-0.4, -0.2) is 60.5 Å². The van der Waals surface area contributed by atoms with Gasteiger partial charge in [0, 0.05) is 40.8 Å². The van der Waals surface area contributed by atoms with Crippen molar-refractivity contribution in [2.24, 2.45) is 10.9 Å². The zero-order chi connectivity index (χ0) is 26.9. The molecule has 1 unspecified atom stereocenters. The lowest BCUT2D eigenvalue weighted by atomic mass is 9.77. The summed E-state index contributed by atoms with van der Waals surface area (Å²) in [6.07, 6.45) is 1.98. The molecule has 0 aromatic heterocycles. The number of anilines is 1. The van der Waals surface area contributed by atoms with Crippen LogP contribution in [0.3, 0.4) is 0 Å². The smallest absolute Gasteiger partial charge is 0.308 e. The van der Waals surface area contributed by atoms with E-state index >= 15 is 0 Å². The van der Waals surface area contributed by atoms with Crippen LogP contribution in [0.15, 0.2) is 47.5 Å². The van der Waals surface area contributed by atoms with E-state index in [0.29, 0.717) is 50.5 Å². The molecule has 37 heavy (non-hydrogen) atoms. The Morgan fingerprint density at radius 1 is 1.19 bits per heavy atom. The van der Waals surface area contributed by atoms with Gasteiger partial charge in [-0.3, -0.25) is 9.59 Å². The first kappa shape index (κ1) is 27.4. The molecule has 1 aliphatic heterocycles.